The maximum atomic E-state index is 12.3. The lowest BCUT2D eigenvalue weighted by Gasteiger charge is -2.21. The zero-order valence-electron chi connectivity index (χ0n) is 16.8. The highest BCUT2D eigenvalue weighted by Crippen LogP contribution is 2.55. The van der Waals surface area contributed by atoms with Crippen LogP contribution < -0.4 is 5.32 Å². The molecule has 0 bridgehead atoms. The van der Waals surface area contributed by atoms with E-state index < -0.39 is 0 Å². The van der Waals surface area contributed by atoms with E-state index in [1.807, 2.05) is 47.8 Å². The van der Waals surface area contributed by atoms with Crippen LogP contribution in [0.1, 0.15) is 27.4 Å². The standard InChI is InChI=1S/C26H19NO2S2/c1-29-26(28)18-7-3-2-6-16(18)15-10-12-20-19(14-15)17-11-13-23-25(24(17)27-20)31-22-9-5-4-8-21(22)30-23/h2-14,19-20,27H,1H3. The zero-order valence-corrected chi connectivity index (χ0v) is 18.4. The number of fused-ring (bicyclic) bond motifs is 6. The second-order valence-electron chi connectivity index (χ2n) is 7.72. The Bertz CT molecular complexity index is 1290. The molecule has 3 aromatic carbocycles. The van der Waals surface area contributed by atoms with Crippen molar-refractivity contribution in [3.8, 4) is 0 Å². The van der Waals surface area contributed by atoms with Crippen LogP contribution in [0.25, 0.3) is 5.57 Å². The minimum Gasteiger partial charge on any atom is -0.465 e. The molecule has 0 saturated carbocycles. The molecule has 0 radical (unpaired) electrons. The molecule has 1 N–H and O–H groups in total. The number of carbonyl (C=O) groups excluding carboxylic acids is 1. The van der Waals surface area contributed by atoms with E-state index in [-0.39, 0.29) is 17.9 Å². The van der Waals surface area contributed by atoms with Crippen molar-refractivity contribution in [1.82, 2.24) is 0 Å². The van der Waals surface area contributed by atoms with Gasteiger partial charge in [-0.2, -0.15) is 0 Å². The monoisotopic (exact) mass is 441 g/mol. The first-order valence-corrected chi connectivity index (χ1v) is 11.8. The van der Waals surface area contributed by atoms with Crippen molar-refractivity contribution in [3.05, 3.63) is 95.6 Å². The van der Waals surface area contributed by atoms with Crippen molar-refractivity contribution < 1.29 is 9.53 Å². The Morgan fingerprint density at radius 2 is 1.71 bits per heavy atom. The number of rotatable bonds is 2. The predicted molar refractivity (Wildman–Crippen MR) is 126 cm³/mol. The van der Waals surface area contributed by atoms with Crippen LogP contribution in [0.5, 0.6) is 0 Å². The molecule has 2 unspecified atom stereocenters. The number of carbonyl (C=O) groups is 1. The summed E-state index contributed by atoms with van der Waals surface area (Å²) in [5, 5.41) is 3.76. The number of methoxy groups -OCH3 is 1. The molecule has 0 spiro atoms. The van der Waals surface area contributed by atoms with Crippen LogP contribution in [0.3, 0.4) is 0 Å². The van der Waals surface area contributed by atoms with Gasteiger partial charge in [-0.1, -0.05) is 78.2 Å². The van der Waals surface area contributed by atoms with Gasteiger partial charge in [-0.25, -0.2) is 4.79 Å². The molecular weight excluding hydrogens is 422 g/mol. The summed E-state index contributed by atoms with van der Waals surface area (Å²) in [6.45, 7) is 0. The Labute approximate surface area is 189 Å². The molecule has 2 atom stereocenters. The van der Waals surface area contributed by atoms with Crippen LogP contribution in [0, 0.1) is 0 Å². The number of anilines is 1. The van der Waals surface area contributed by atoms with Crippen LogP contribution in [0.4, 0.5) is 5.69 Å². The molecule has 152 valence electrons. The highest BCUT2D eigenvalue weighted by molar-refractivity contribution is 8.05. The highest BCUT2D eigenvalue weighted by Gasteiger charge is 2.35. The number of hydrogen-bond acceptors (Lipinski definition) is 5. The second-order valence-corrected chi connectivity index (χ2v) is 9.86. The van der Waals surface area contributed by atoms with E-state index in [9.17, 15) is 4.79 Å². The molecule has 0 aromatic heterocycles. The third-order valence-electron chi connectivity index (χ3n) is 5.98. The normalized spacial score (nSPS) is 20.0. The van der Waals surface area contributed by atoms with Gasteiger partial charge >= 0.3 is 5.97 Å². The molecular formula is C26H19NO2S2. The molecule has 3 aliphatic rings. The molecule has 5 heteroatoms. The van der Waals surface area contributed by atoms with E-state index in [0.717, 1.165) is 11.1 Å². The summed E-state index contributed by atoms with van der Waals surface area (Å²) in [5.74, 6) is -0.0769. The average Bonchev–Trinajstić information content (AvgIpc) is 3.20. The SMILES string of the molecule is COC(=O)c1ccccc1C1=CC2c3ccc4c(c3NC2C=C1)Sc1ccccc1S4. The van der Waals surface area contributed by atoms with Gasteiger partial charge in [0.25, 0.3) is 0 Å². The summed E-state index contributed by atoms with van der Waals surface area (Å²) in [6.07, 6.45) is 6.62. The number of esters is 1. The molecule has 2 aliphatic heterocycles. The largest absolute Gasteiger partial charge is 0.465 e. The molecule has 31 heavy (non-hydrogen) atoms. The fourth-order valence-corrected chi connectivity index (χ4v) is 6.87. The minimum absolute atomic E-state index is 0.221. The smallest absolute Gasteiger partial charge is 0.338 e. The molecule has 6 rings (SSSR count). The lowest BCUT2D eigenvalue weighted by Crippen LogP contribution is -2.19. The van der Waals surface area contributed by atoms with Gasteiger partial charge in [-0.05, 0) is 41.0 Å². The van der Waals surface area contributed by atoms with Crippen LogP contribution in [0.2, 0.25) is 0 Å². The number of nitrogens with one attached hydrogen (secondary N) is 1. The Balaban J connectivity index is 1.41. The number of allylic oxidation sites excluding steroid dienone is 2. The summed E-state index contributed by atoms with van der Waals surface area (Å²) in [6, 6.07) is 21.0. The van der Waals surface area contributed by atoms with Gasteiger partial charge in [0.1, 0.15) is 0 Å². The summed E-state index contributed by atoms with van der Waals surface area (Å²) in [4.78, 5) is 17.5. The Morgan fingerprint density at radius 3 is 2.55 bits per heavy atom. The third kappa shape index (κ3) is 3.03. The fourth-order valence-electron chi connectivity index (χ4n) is 4.50. The first kappa shape index (κ1) is 18.8. The van der Waals surface area contributed by atoms with Gasteiger partial charge in [-0.15, -0.1) is 0 Å². The quantitative estimate of drug-likeness (QED) is 0.354. The van der Waals surface area contributed by atoms with Crippen LogP contribution >= 0.6 is 23.5 Å². The van der Waals surface area contributed by atoms with E-state index in [1.165, 1.54) is 37.9 Å². The van der Waals surface area contributed by atoms with Crippen molar-refractivity contribution in [1.29, 1.82) is 0 Å². The first-order chi connectivity index (χ1) is 15.2. The van der Waals surface area contributed by atoms with Crippen LogP contribution in [-0.4, -0.2) is 19.1 Å². The molecule has 3 nitrogen and oxygen atoms in total. The Morgan fingerprint density at radius 1 is 0.935 bits per heavy atom. The van der Waals surface area contributed by atoms with Gasteiger partial charge in [0.2, 0.25) is 0 Å². The predicted octanol–water partition coefficient (Wildman–Crippen LogP) is 6.62. The van der Waals surface area contributed by atoms with Gasteiger partial charge in [0.15, 0.2) is 0 Å². The zero-order chi connectivity index (χ0) is 20.9. The van der Waals surface area contributed by atoms with E-state index in [4.69, 9.17) is 4.74 Å². The maximum Gasteiger partial charge on any atom is 0.338 e. The molecule has 1 aliphatic carbocycles. The lowest BCUT2D eigenvalue weighted by atomic mass is 9.85. The van der Waals surface area contributed by atoms with E-state index in [0.29, 0.717) is 5.56 Å². The second kappa shape index (κ2) is 7.36. The van der Waals surface area contributed by atoms with E-state index >= 15 is 0 Å². The minimum atomic E-state index is -0.307. The average molecular weight is 442 g/mol. The van der Waals surface area contributed by atoms with Crippen molar-refractivity contribution in [3.63, 3.8) is 0 Å². The van der Waals surface area contributed by atoms with Gasteiger partial charge in [0, 0.05) is 25.5 Å². The van der Waals surface area contributed by atoms with Crippen LogP contribution in [-0.2, 0) is 4.74 Å². The lowest BCUT2D eigenvalue weighted by molar-refractivity contribution is 0.0600. The van der Waals surface area contributed by atoms with Crippen molar-refractivity contribution in [2.24, 2.45) is 0 Å². The summed E-state index contributed by atoms with van der Waals surface area (Å²) >= 11 is 3.69. The number of ether oxygens (including phenoxy) is 1. The molecule has 2 heterocycles. The van der Waals surface area contributed by atoms with E-state index in [1.54, 1.807) is 0 Å². The molecule has 0 fully saturated rings. The third-order valence-corrected chi connectivity index (χ3v) is 8.58. The summed E-state index contributed by atoms with van der Waals surface area (Å²) in [5.41, 5.74) is 5.12. The molecule has 3 aromatic rings. The van der Waals surface area contributed by atoms with Gasteiger partial charge < -0.3 is 10.1 Å². The maximum absolute atomic E-state index is 12.3. The molecule has 0 saturated heterocycles. The van der Waals surface area contributed by atoms with Crippen LogP contribution in [0.15, 0.2) is 98.5 Å². The topological polar surface area (TPSA) is 38.3 Å². The van der Waals surface area contributed by atoms with E-state index in [2.05, 4.69) is 59.9 Å². The van der Waals surface area contributed by atoms with Crippen molar-refractivity contribution in [2.45, 2.75) is 31.5 Å². The first-order valence-electron chi connectivity index (χ1n) is 10.2. The van der Waals surface area contributed by atoms with Crippen molar-refractivity contribution in [2.75, 3.05) is 12.4 Å². The number of hydrogen-bond donors (Lipinski definition) is 1. The Hall–Kier alpha value is -2.89. The summed E-state index contributed by atoms with van der Waals surface area (Å²) < 4.78 is 4.99. The Kier molecular flexibility index (Phi) is 4.47. The van der Waals surface area contributed by atoms with Gasteiger partial charge in [0.05, 0.1) is 24.4 Å². The van der Waals surface area contributed by atoms with Crippen molar-refractivity contribution >= 4 is 40.8 Å². The molecule has 0 amide bonds. The highest BCUT2D eigenvalue weighted by atomic mass is 32.2. The summed E-state index contributed by atoms with van der Waals surface area (Å²) in [7, 11) is 1.42. The van der Waals surface area contributed by atoms with Gasteiger partial charge in [-0.3, -0.25) is 0 Å². The number of benzene rings is 3. The fraction of sp³-hybridized carbons (Fsp3) is 0.115.